The Hall–Kier alpha value is -2.92. The second kappa shape index (κ2) is 7.48. The van der Waals surface area contributed by atoms with Gasteiger partial charge in [0.05, 0.1) is 0 Å². The van der Waals surface area contributed by atoms with E-state index in [1.54, 1.807) is 0 Å². The molecule has 0 atom stereocenters. The summed E-state index contributed by atoms with van der Waals surface area (Å²) in [5, 5.41) is 2.94. The van der Waals surface area contributed by atoms with Crippen molar-refractivity contribution < 1.29 is 9.21 Å². The smallest absolute Gasteiger partial charge is 0.255 e. The lowest BCUT2D eigenvalue weighted by Gasteiger charge is -2.19. The Labute approximate surface area is 178 Å². The van der Waals surface area contributed by atoms with Crippen LogP contribution in [0.5, 0.6) is 0 Å². The van der Waals surface area contributed by atoms with Crippen molar-refractivity contribution in [3.8, 4) is 11.5 Å². The highest BCUT2D eigenvalue weighted by Gasteiger charge is 2.15. The van der Waals surface area contributed by atoms with E-state index in [0.29, 0.717) is 28.2 Å². The molecule has 1 heterocycles. The molecule has 5 heteroatoms. The maximum absolute atomic E-state index is 12.6. The monoisotopic (exact) mass is 448 g/mol. The predicted molar refractivity (Wildman–Crippen MR) is 120 cm³/mol. The van der Waals surface area contributed by atoms with Gasteiger partial charge in [-0.2, -0.15) is 0 Å². The van der Waals surface area contributed by atoms with E-state index in [1.807, 2.05) is 66.7 Å². The van der Waals surface area contributed by atoms with Crippen molar-refractivity contribution in [2.75, 3.05) is 5.32 Å². The number of aromatic nitrogens is 1. The van der Waals surface area contributed by atoms with Crippen LogP contribution in [0, 0.1) is 0 Å². The van der Waals surface area contributed by atoms with Crippen molar-refractivity contribution >= 4 is 38.6 Å². The number of anilines is 1. The molecule has 1 aromatic heterocycles. The molecule has 1 amide bonds. The molecule has 3 aromatic carbocycles. The summed E-state index contributed by atoms with van der Waals surface area (Å²) in [6, 6.07) is 21.0. The zero-order valence-corrected chi connectivity index (χ0v) is 18.1. The van der Waals surface area contributed by atoms with Crippen molar-refractivity contribution in [2.45, 2.75) is 26.2 Å². The lowest BCUT2D eigenvalue weighted by atomic mass is 9.87. The molecule has 4 rings (SSSR count). The second-order valence-electron chi connectivity index (χ2n) is 7.99. The van der Waals surface area contributed by atoms with E-state index in [4.69, 9.17) is 4.42 Å². The first-order valence-corrected chi connectivity index (χ1v) is 10.2. The van der Waals surface area contributed by atoms with Crippen LogP contribution in [-0.4, -0.2) is 10.9 Å². The third-order valence-corrected chi connectivity index (χ3v) is 5.28. The molecular weight excluding hydrogens is 428 g/mol. The van der Waals surface area contributed by atoms with Crippen LogP contribution in [0.4, 0.5) is 5.69 Å². The summed E-state index contributed by atoms with van der Waals surface area (Å²) in [6.45, 7) is 6.45. The normalized spacial score (nSPS) is 11.6. The lowest BCUT2D eigenvalue weighted by Crippen LogP contribution is -2.14. The Morgan fingerprint density at radius 2 is 1.66 bits per heavy atom. The van der Waals surface area contributed by atoms with Crippen molar-refractivity contribution in [1.82, 2.24) is 4.98 Å². The zero-order valence-electron chi connectivity index (χ0n) is 16.5. The molecule has 0 aliphatic heterocycles. The van der Waals surface area contributed by atoms with Gasteiger partial charge in [-0.05, 0) is 65.6 Å². The first-order chi connectivity index (χ1) is 13.8. The number of oxazole rings is 1. The van der Waals surface area contributed by atoms with Crippen molar-refractivity contribution in [3.63, 3.8) is 0 Å². The molecule has 0 bridgehead atoms. The SMILES string of the molecule is CC(C)(C)c1ccc(C(=O)Nc2ccc3oc(-c4ccc(Br)cc4)nc3c2)cc1. The Bertz CT molecular complexity index is 1170. The zero-order chi connectivity index (χ0) is 20.6. The van der Waals surface area contributed by atoms with E-state index >= 15 is 0 Å². The minimum Gasteiger partial charge on any atom is -0.436 e. The number of carbonyl (C=O) groups is 1. The second-order valence-corrected chi connectivity index (χ2v) is 8.91. The van der Waals surface area contributed by atoms with Crippen LogP contribution in [0.15, 0.2) is 75.6 Å². The number of rotatable bonds is 3. The number of hydrogen-bond donors (Lipinski definition) is 1. The molecule has 0 unspecified atom stereocenters. The van der Waals surface area contributed by atoms with Crippen LogP contribution >= 0.6 is 15.9 Å². The van der Waals surface area contributed by atoms with Gasteiger partial charge in [0, 0.05) is 21.3 Å². The van der Waals surface area contributed by atoms with Crippen molar-refractivity contribution in [1.29, 1.82) is 0 Å². The maximum atomic E-state index is 12.6. The molecule has 0 saturated heterocycles. The Morgan fingerprint density at radius 1 is 0.966 bits per heavy atom. The number of amides is 1. The van der Waals surface area contributed by atoms with Crippen molar-refractivity contribution in [2.24, 2.45) is 0 Å². The average Bonchev–Trinajstić information content (AvgIpc) is 3.11. The van der Waals surface area contributed by atoms with Crippen LogP contribution in [0.25, 0.3) is 22.6 Å². The predicted octanol–water partition coefficient (Wildman–Crippen LogP) is 6.81. The van der Waals surface area contributed by atoms with Crippen LogP contribution in [0.3, 0.4) is 0 Å². The Kier molecular flexibility index (Phi) is 5.01. The van der Waals surface area contributed by atoms with Crippen molar-refractivity contribution in [3.05, 3.63) is 82.3 Å². The van der Waals surface area contributed by atoms with Gasteiger partial charge in [-0.15, -0.1) is 0 Å². The van der Waals surface area contributed by atoms with E-state index in [1.165, 1.54) is 5.56 Å². The Balaban J connectivity index is 1.55. The standard InChI is InChI=1S/C24H21BrN2O2/c1-24(2,3)17-8-4-15(5-9-17)22(28)26-19-12-13-21-20(14-19)27-23(29-21)16-6-10-18(25)11-7-16/h4-14H,1-3H3,(H,26,28). The molecule has 4 nitrogen and oxygen atoms in total. The van der Waals surface area contributed by atoms with E-state index in [-0.39, 0.29) is 11.3 Å². The highest BCUT2D eigenvalue weighted by Crippen LogP contribution is 2.27. The topological polar surface area (TPSA) is 55.1 Å². The van der Waals surface area contributed by atoms with E-state index < -0.39 is 0 Å². The van der Waals surface area contributed by atoms with Gasteiger partial charge in [0.2, 0.25) is 5.89 Å². The molecule has 0 aliphatic rings. The summed E-state index contributed by atoms with van der Waals surface area (Å²) in [4.78, 5) is 17.2. The molecule has 29 heavy (non-hydrogen) atoms. The minimum atomic E-state index is -0.151. The summed E-state index contributed by atoms with van der Waals surface area (Å²) in [7, 11) is 0. The number of nitrogens with zero attached hydrogens (tertiary/aromatic N) is 1. The average molecular weight is 449 g/mol. The van der Waals surface area contributed by atoms with Crippen LogP contribution in [0.1, 0.15) is 36.7 Å². The number of halogens is 1. The van der Waals surface area contributed by atoms with Gasteiger partial charge in [0.25, 0.3) is 5.91 Å². The molecule has 0 fully saturated rings. The van der Waals surface area contributed by atoms with Gasteiger partial charge in [-0.25, -0.2) is 4.98 Å². The van der Waals surface area contributed by atoms with Gasteiger partial charge in [-0.1, -0.05) is 48.8 Å². The Morgan fingerprint density at radius 3 is 2.31 bits per heavy atom. The van der Waals surface area contributed by atoms with Gasteiger partial charge < -0.3 is 9.73 Å². The van der Waals surface area contributed by atoms with Crippen LogP contribution < -0.4 is 5.32 Å². The minimum absolute atomic E-state index is 0.0551. The molecule has 146 valence electrons. The summed E-state index contributed by atoms with van der Waals surface area (Å²) in [5.41, 5.74) is 4.82. The van der Waals surface area contributed by atoms with Gasteiger partial charge in [-0.3, -0.25) is 4.79 Å². The van der Waals surface area contributed by atoms with E-state index in [0.717, 1.165) is 10.0 Å². The van der Waals surface area contributed by atoms with Crippen LogP contribution in [-0.2, 0) is 5.41 Å². The third kappa shape index (κ3) is 4.25. The van der Waals surface area contributed by atoms with Gasteiger partial charge >= 0.3 is 0 Å². The number of carbonyl (C=O) groups excluding carboxylic acids is 1. The fraction of sp³-hybridized carbons (Fsp3) is 0.167. The summed E-state index contributed by atoms with van der Waals surface area (Å²) in [5.74, 6) is 0.398. The lowest BCUT2D eigenvalue weighted by molar-refractivity contribution is 0.102. The first-order valence-electron chi connectivity index (χ1n) is 9.38. The number of fused-ring (bicyclic) bond motifs is 1. The maximum Gasteiger partial charge on any atom is 0.255 e. The summed E-state index contributed by atoms with van der Waals surface area (Å²) in [6.07, 6.45) is 0. The fourth-order valence-electron chi connectivity index (χ4n) is 3.05. The summed E-state index contributed by atoms with van der Waals surface area (Å²) < 4.78 is 6.84. The van der Waals surface area contributed by atoms with Gasteiger partial charge in [0.15, 0.2) is 5.58 Å². The molecule has 0 spiro atoms. The fourth-order valence-corrected chi connectivity index (χ4v) is 3.31. The highest BCUT2D eigenvalue weighted by atomic mass is 79.9. The molecule has 0 radical (unpaired) electrons. The number of nitrogens with one attached hydrogen (secondary N) is 1. The largest absolute Gasteiger partial charge is 0.436 e. The molecule has 1 N–H and O–H groups in total. The number of benzene rings is 3. The molecule has 0 aliphatic carbocycles. The van der Waals surface area contributed by atoms with Crippen LogP contribution in [0.2, 0.25) is 0 Å². The highest BCUT2D eigenvalue weighted by molar-refractivity contribution is 9.10. The molecular formula is C24H21BrN2O2. The third-order valence-electron chi connectivity index (χ3n) is 4.75. The summed E-state index contributed by atoms with van der Waals surface area (Å²) >= 11 is 3.43. The molecule has 0 saturated carbocycles. The van der Waals surface area contributed by atoms with E-state index in [2.05, 4.69) is 47.0 Å². The first kappa shape index (κ1) is 19.4. The quantitative estimate of drug-likeness (QED) is 0.374. The van der Waals surface area contributed by atoms with Gasteiger partial charge in [0.1, 0.15) is 5.52 Å². The van der Waals surface area contributed by atoms with E-state index in [9.17, 15) is 4.79 Å². The molecule has 4 aromatic rings. The number of hydrogen-bond acceptors (Lipinski definition) is 3.